The summed E-state index contributed by atoms with van der Waals surface area (Å²) in [4.78, 5) is 4.19. The number of rotatable bonds is 13. The molecule has 10 heteroatoms. The molecule has 0 bridgehead atoms. The largest absolute Gasteiger partial charge is 1.00 e. The van der Waals surface area contributed by atoms with E-state index in [-0.39, 0.29) is 65.5 Å². The van der Waals surface area contributed by atoms with Crippen LogP contribution in [0.2, 0.25) is 0 Å². The monoisotopic (exact) mass is 355 g/mol. The van der Waals surface area contributed by atoms with Gasteiger partial charge in [0.05, 0.1) is 0 Å². The van der Waals surface area contributed by atoms with Gasteiger partial charge in [0.25, 0.3) is 0 Å². The van der Waals surface area contributed by atoms with Crippen LogP contribution < -0.4 is 64.2 Å². The molecule has 0 saturated heterocycles. The summed E-state index contributed by atoms with van der Waals surface area (Å²) in [5.41, 5.74) is 0. The van der Waals surface area contributed by atoms with Gasteiger partial charge in [0, 0.05) is 0 Å². The molecule has 0 aromatic rings. The molecule has 0 aliphatic carbocycles. The van der Waals surface area contributed by atoms with Gasteiger partial charge >= 0.3 is 59.1 Å². The Kier molecular flexibility index (Phi) is 21.9. The Morgan fingerprint density at radius 1 is 1.05 bits per heavy atom. The summed E-state index contributed by atoms with van der Waals surface area (Å²) in [6.07, 6.45) is 7.32. The Morgan fingerprint density at radius 2 is 1.50 bits per heavy atom. The molecular weight excluding hydrogens is 332 g/mol. The smallest absolute Gasteiger partial charge is 0.860 e. The van der Waals surface area contributed by atoms with Crippen molar-refractivity contribution in [3.63, 3.8) is 0 Å². The Balaban J connectivity index is -0.00000180. The molecule has 0 aliphatic rings. The fourth-order valence-electron chi connectivity index (χ4n) is 1.78. The van der Waals surface area contributed by atoms with Crippen LogP contribution in [0.5, 0.6) is 0 Å². The van der Waals surface area contributed by atoms with Gasteiger partial charge in [0.2, 0.25) is 10.4 Å². The van der Waals surface area contributed by atoms with Crippen LogP contribution >= 0.6 is 0 Å². The second-order valence-electron chi connectivity index (χ2n) is 4.69. The summed E-state index contributed by atoms with van der Waals surface area (Å²) in [6, 6.07) is 0. The number of hydrogen-bond acceptors (Lipinski definition) is 7. The van der Waals surface area contributed by atoms with E-state index in [1.54, 1.807) is 0 Å². The van der Waals surface area contributed by atoms with Gasteiger partial charge < -0.3 is 15.1 Å². The van der Waals surface area contributed by atoms with Crippen molar-refractivity contribution in [2.45, 2.75) is 70.8 Å². The molecular formula is C12H23NNa2O6S. The van der Waals surface area contributed by atoms with Crippen molar-refractivity contribution in [2.75, 3.05) is 0 Å². The second-order valence-corrected chi connectivity index (χ2v) is 5.64. The zero-order valence-corrected chi connectivity index (χ0v) is 18.6. The first kappa shape index (κ1) is 28.1. The fourth-order valence-corrected chi connectivity index (χ4v) is 1.97. The van der Waals surface area contributed by atoms with E-state index in [1.807, 2.05) is 0 Å². The van der Waals surface area contributed by atoms with E-state index in [0.29, 0.717) is 6.42 Å². The topological polar surface area (TPSA) is 123 Å². The predicted molar refractivity (Wildman–Crippen MR) is 70.6 cm³/mol. The van der Waals surface area contributed by atoms with Crippen molar-refractivity contribution in [1.29, 1.82) is 5.41 Å². The van der Waals surface area contributed by atoms with Gasteiger partial charge in [-0.1, -0.05) is 58.3 Å². The minimum atomic E-state index is -5.01. The van der Waals surface area contributed by atoms with Crippen LogP contribution in [0.3, 0.4) is 0 Å². The summed E-state index contributed by atoms with van der Waals surface area (Å²) in [7, 11) is -5.01. The van der Waals surface area contributed by atoms with Crippen molar-refractivity contribution < 1.29 is 86.4 Å². The third-order valence-corrected chi connectivity index (χ3v) is 3.10. The molecule has 0 aromatic carbocycles. The SMILES string of the molecule is CCCCCCCCCCC(OOS(=O)(=O)[O-])C(=N)[O-].[Na+].[Na+]. The van der Waals surface area contributed by atoms with Crippen molar-refractivity contribution in [3.8, 4) is 0 Å². The molecule has 0 heterocycles. The minimum Gasteiger partial charge on any atom is -0.860 e. The van der Waals surface area contributed by atoms with E-state index in [4.69, 9.17) is 5.41 Å². The van der Waals surface area contributed by atoms with Gasteiger partial charge in [-0.05, 0) is 12.3 Å². The first-order valence-electron chi connectivity index (χ1n) is 6.93. The summed E-state index contributed by atoms with van der Waals surface area (Å²) in [5, 5.41) is 17.8. The average molecular weight is 355 g/mol. The maximum atomic E-state index is 10.9. The van der Waals surface area contributed by atoms with Crippen LogP contribution in [0.4, 0.5) is 0 Å². The van der Waals surface area contributed by atoms with E-state index in [2.05, 4.69) is 16.1 Å². The van der Waals surface area contributed by atoms with E-state index in [9.17, 15) is 18.1 Å². The molecule has 0 aliphatic heterocycles. The molecule has 0 amide bonds. The van der Waals surface area contributed by atoms with Crippen molar-refractivity contribution in [3.05, 3.63) is 0 Å². The van der Waals surface area contributed by atoms with Gasteiger partial charge in [0.1, 0.15) is 6.10 Å². The standard InChI is InChI=1S/C12H25NO6S.2Na/c1-2-3-4-5-6-7-8-9-10-11(12(13)14)18-19-20(15,16)17;;/h11H,2-10H2,1H3,(H2,13,14)(H,15,16,17);;/q;2*+1/p-2. The molecule has 120 valence electrons. The summed E-state index contributed by atoms with van der Waals surface area (Å²) < 4.78 is 34.1. The number of unbranched alkanes of at least 4 members (excludes halogenated alkanes) is 7. The zero-order valence-electron chi connectivity index (χ0n) is 13.8. The number of nitrogens with one attached hydrogen (secondary N) is 1. The fraction of sp³-hybridized carbons (Fsp3) is 0.917. The minimum absolute atomic E-state index is 0. The van der Waals surface area contributed by atoms with Gasteiger partial charge in [-0.3, -0.25) is 0 Å². The van der Waals surface area contributed by atoms with Crippen molar-refractivity contribution in [2.24, 2.45) is 0 Å². The molecule has 0 fully saturated rings. The van der Waals surface area contributed by atoms with E-state index in [1.165, 1.54) is 25.7 Å². The molecule has 0 radical (unpaired) electrons. The van der Waals surface area contributed by atoms with Crippen LogP contribution in [-0.4, -0.2) is 25.0 Å². The summed E-state index contributed by atoms with van der Waals surface area (Å²) in [5.74, 6) is -1.10. The molecule has 0 rings (SSSR count). The molecule has 1 unspecified atom stereocenters. The molecule has 1 N–H and O–H groups in total. The quantitative estimate of drug-likeness (QED) is 0.0521. The predicted octanol–water partition coefficient (Wildman–Crippen LogP) is -4.36. The Bertz CT molecular complexity index is 367. The second kappa shape index (κ2) is 17.1. The normalized spacial score (nSPS) is 12.1. The van der Waals surface area contributed by atoms with Gasteiger partial charge in [-0.2, -0.15) is 0 Å². The first-order valence-corrected chi connectivity index (χ1v) is 8.26. The summed E-state index contributed by atoms with van der Waals surface area (Å²) >= 11 is 0. The van der Waals surface area contributed by atoms with Gasteiger partial charge in [-0.15, -0.1) is 4.33 Å². The molecule has 0 spiro atoms. The molecule has 1 atom stereocenters. The summed E-state index contributed by atoms with van der Waals surface area (Å²) in [6.45, 7) is 2.15. The third-order valence-electron chi connectivity index (χ3n) is 2.85. The van der Waals surface area contributed by atoms with Crippen molar-refractivity contribution in [1.82, 2.24) is 0 Å². The van der Waals surface area contributed by atoms with Crippen LogP contribution in [0.1, 0.15) is 64.7 Å². The molecule has 22 heavy (non-hydrogen) atoms. The van der Waals surface area contributed by atoms with Crippen LogP contribution in [-0.2, 0) is 19.6 Å². The Morgan fingerprint density at radius 3 is 1.91 bits per heavy atom. The maximum Gasteiger partial charge on any atom is 1.00 e. The van der Waals surface area contributed by atoms with E-state index >= 15 is 0 Å². The Labute approximate surface area is 177 Å². The van der Waals surface area contributed by atoms with Gasteiger partial charge in [-0.25, -0.2) is 13.3 Å². The Hall–Kier alpha value is 1.30. The average Bonchev–Trinajstić information content (AvgIpc) is 2.34. The molecule has 7 nitrogen and oxygen atoms in total. The van der Waals surface area contributed by atoms with E-state index < -0.39 is 22.4 Å². The first-order chi connectivity index (χ1) is 9.37. The van der Waals surface area contributed by atoms with Crippen LogP contribution in [0.25, 0.3) is 0 Å². The number of hydrogen-bond donors (Lipinski definition) is 1. The molecule has 0 saturated carbocycles. The van der Waals surface area contributed by atoms with Crippen LogP contribution in [0, 0.1) is 5.41 Å². The zero-order chi connectivity index (χ0) is 15.4. The van der Waals surface area contributed by atoms with E-state index in [0.717, 1.165) is 19.3 Å². The van der Waals surface area contributed by atoms with Gasteiger partial charge in [0.15, 0.2) is 0 Å². The maximum absolute atomic E-state index is 10.9. The van der Waals surface area contributed by atoms with Crippen molar-refractivity contribution >= 4 is 16.3 Å². The van der Waals surface area contributed by atoms with Crippen LogP contribution in [0.15, 0.2) is 0 Å². The third kappa shape index (κ3) is 19.3. The molecule has 0 aromatic heterocycles.